The second kappa shape index (κ2) is 6.10. The van der Waals surface area contributed by atoms with Crippen molar-refractivity contribution in [3.05, 3.63) is 52.5 Å². The lowest BCUT2D eigenvalue weighted by atomic mass is 10.1. The van der Waals surface area contributed by atoms with E-state index in [4.69, 9.17) is 9.47 Å². The first-order chi connectivity index (χ1) is 9.78. The van der Waals surface area contributed by atoms with Crippen molar-refractivity contribution in [3.8, 4) is 11.5 Å². The Morgan fingerprint density at radius 2 is 2.05 bits per heavy atom. The Hall–Kier alpha value is -1.13. The van der Waals surface area contributed by atoms with Gasteiger partial charge < -0.3 is 9.47 Å². The Balaban J connectivity index is 1.67. The van der Waals surface area contributed by atoms with Gasteiger partial charge in [0.2, 0.25) is 0 Å². The smallest absolute Gasteiger partial charge is 0.175 e. The number of halogens is 1. The highest BCUT2D eigenvalue weighted by atomic mass is 79.9. The summed E-state index contributed by atoms with van der Waals surface area (Å²) in [6.45, 7) is 0.679. The molecule has 0 aliphatic carbocycles. The number of ether oxygens (including phenoxy) is 2. The van der Waals surface area contributed by atoms with E-state index in [1.54, 1.807) is 7.11 Å². The van der Waals surface area contributed by atoms with E-state index in [9.17, 15) is 0 Å². The molecule has 4 heteroatoms. The molecular formula is C16H15BrO2S. The maximum atomic E-state index is 5.98. The lowest BCUT2D eigenvalue weighted by Gasteiger charge is -2.15. The van der Waals surface area contributed by atoms with Gasteiger partial charge in [-0.25, -0.2) is 0 Å². The van der Waals surface area contributed by atoms with Gasteiger partial charge in [0.15, 0.2) is 11.5 Å². The second-order valence-corrected chi connectivity index (χ2v) is 6.83. The zero-order valence-corrected chi connectivity index (χ0v) is 13.5. The Bertz CT molecular complexity index is 590. The molecule has 1 atom stereocenters. The highest BCUT2D eigenvalue weighted by Crippen LogP contribution is 2.39. The quantitative estimate of drug-likeness (QED) is 0.805. The fourth-order valence-electron chi connectivity index (χ4n) is 2.31. The molecule has 1 aliphatic rings. The second-order valence-electron chi connectivity index (χ2n) is 4.63. The minimum Gasteiger partial charge on any atom is -0.493 e. The number of hydrogen-bond donors (Lipinski definition) is 0. The molecule has 0 N–H and O–H groups in total. The van der Waals surface area contributed by atoms with Crippen LogP contribution >= 0.6 is 27.7 Å². The first-order valence-electron chi connectivity index (χ1n) is 6.48. The van der Waals surface area contributed by atoms with Crippen LogP contribution in [0.1, 0.15) is 5.56 Å². The van der Waals surface area contributed by atoms with Gasteiger partial charge in [-0.15, -0.1) is 11.8 Å². The predicted molar refractivity (Wildman–Crippen MR) is 86.0 cm³/mol. The van der Waals surface area contributed by atoms with Crippen LogP contribution in [0.15, 0.2) is 51.8 Å². The summed E-state index contributed by atoms with van der Waals surface area (Å²) in [7, 11) is 1.66. The van der Waals surface area contributed by atoms with Gasteiger partial charge in [0.25, 0.3) is 0 Å². The number of fused-ring (bicyclic) bond motifs is 1. The summed E-state index contributed by atoms with van der Waals surface area (Å²) >= 11 is 5.41. The van der Waals surface area contributed by atoms with Crippen LogP contribution in [0.3, 0.4) is 0 Å². The molecule has 0 radical (unpaired) electrons. The van der Waals surface area contributed by atoms with Crippen molar-refractivity contribution in [2.45, 2.75) is 16.6 Å². The molecule has 2 aromatic carbocycles. The molecule has 1 aliphatic heterocycles. The summed E-state index contributed by atoms with van der Waals surface area (Å²) in [5.74, 6) is 1.55. The number of thioether (sulfide) groups is 1. The number of hydrogen-bond acceptors (Lipinski definition) is 3. The van der Waals surface area contributed by atoms with E-state index in [2.05, 4.69) is 40.2 Å². The maximum Gasteiger partial charge on any atom is 0.175 e. The molecule has 104 valence electrons. The first kappa shape index (κ1) is 13.8. The normalized spacial score (nSPS) is 16.8. The van der Waals surface area contributed by atoms with E-state index in [0.29, 0.717) is 11.9 Å². The standard InChI is InChI=1S/C16H15BrO2S/c1-18-14-7-4-6-13(17)16(14)19-10-12-9-11-5-2-3-8-15(11)20-12/h2-8,12H,9-10H2,1H3. The van der Waals surface area contributed by atoms with Crippen molar-refractivity contribution in [1.82, 2.24) is 0 Å². The van der Waals surface area contributed by atoms with Crippen molar-refractivity contribution in [2.75, 3.05) is 13.7 Å². The Morgan fingerprint density at radius 3 is 2.85 bits per heavy atom. The van der Waals surface area contributed by atoms with Gasteiger partial charge in [0, 0.05) is 10.1 Å². The van der Waals surface area contributed by atoms with E-state index in [1.807, 2.05) is 30.0 Å². The Labute approximate surface area is 131 Å². The van der Waals surface area contributed by atoms with Crippen molar-refractivity contribution in [1.29, 1.82) is 0 Å². The molecule has 1 unspecified atom stereocenters. The number of rotatable bonds is 4. The lowest BCUT2D eigenvalue weighted by molar-refractivity contribution is 0.292. The molecule has 0 bridgehead atoms. The van der Waals surface area contributed by atoms with Crippen LogP contribution in [0.2, 0.25) is 0 Å². The van der Waals surface area contributed by atoms with Gasteiger partial charge in [-0.2, -0.15) is 0 Å². The Kier molecular flexibility index (Phi) is 4.22. The van der Waals surface area contributed by atoms with Crippen LogP contribution in [0.5, 0.6) is 11.5 Å². The fraction of sp³-hybridized carbons (Fsp3) is 0.250. The molecule has 0 fully saturated rings. The van der Waals surface area contributed by atoms with E-state index >= 15 is 0 Å². The average molecular weight is 351 g/mol. The van der Waals surface area contributed by atoms with Crippen LogP contribution in [0, 0.1) is 0 Å². The Morgan fingerprint density at radius 1 is 1.20 bits per heavy atom. The van der Waals surface area contributed by atoms with E-state index in [-0.39, 0.29) is 0 Å². The molecule has 0 spiro atoms. The third kappa shape index (κ3) is 2.81. The summed E-state index contributed by atoms with van der Waals surface area (Å²) in [6.07, 6.45) is 1.06. The summed E-state index contributed by atoms with van der Waals surface area (Å²) in [6, 6.07) is 14.4. The molecule has 1 heterocycles. The molecule has 20 heavy (non-hydrogen) atoms. The van der Waals surface area contributed by atoms with E-state index < -0.39 is 0 Å². The highest BCUT2D eigenvalue weighted by Gasteiger charge is 2.23. The fourth-order valence-corrected chi connectivity index (χ4v) is 3.99. The minimum atomic E-state index is 0.462. The summed E-state index contributed by atoms with van der Waals surface area (Å²) in [5.41, 5.74) is 1.42. The third-order valence-corrected chi connectivity index (χ3v) is 5.19. The zero-order valence-electron chi connectivity index (χ0n) is 11.1. The SMILES string of the molecule is COc1cccc(Br)c1OCC1Cc2ccccc2S1. The van der Waals surface area contributed by atoms with Crippen LogP contribution in [0.4, 0.5) is 0 Å². The van der Waals surface area contributed by atoms with Crippen molar-refractivity contribution in [3.63, 3.8) is 0 Å². The number of para-hydroxylation sites is 1. The highest BCUT2D eigenvalue weighted by molar-refractivity contribution is 9.10. The molecule has 0 amide bonds. The topological polar surface area (TPSA) is 18.5 Å². The maximum absolute atomic E-state index is 5.98. The molecule has 0 saturated heterocycles. The van der Waals surface area contributed by atoms with Crippen LogP contribution < -0.4 is 9.47 Å². The number of benzene rings is 2. The van der Waals surface area contributed by atoms with Crippen molar-refractivity contribution < 1.29 is 9.47 Å². The zero-order chi connectivity index (χ0) is 13.9. The van der Waals surface area contributed by atoms with Gasteiger partial charge >= 0.3 is 0 Å². The molecule has 3 rings (SSSR count). The van der Waals surface area contributed by atoms with Crippen LogP contribution in [-0.2, 0) is 6.42 Å². The largest absolute Gasteiger partial charge is 0.493 e. The number of methoxy groups -OCH3 is 1. The van der Waals surface area contributed by atoms with Crippen molar-refractivity contribution >= 4 is 27.7 Å². The van der Waals surface area contributed by atoms with Crippen molar-refractivity contribution in [2.24, 2.45) is 0 Å². The molecule has 0 aromatic heterocycles. The third-order valence-electron chi connectivity index (χ3n) is 3.28. The molecular weight excluding hydrogens is 336 g/mol. The summed E-state index contributed by atoms with van der Waals surface area (Å²) in [5, 5.41) is 0.462. The molecule has 2 aromatic rings. The minimum absolute atomic E-state index is 0.462. The average Bonchev–Trinajstić information content (AvgIpc) is 2.88. The lowest BCUT2D eigenvalue weighted by Crippen LogP contribution is -2.14. The first-order valence-corrected chi connectivity index (χ1v) is 8.15. The van der Waals surface area contributed by atoms with Crippen LogP contribution in [0.25, 0.3) is 0 Å². The van der Waals surface area contributed by atoms with E-state index in [1.165, 1.54) is 10.5 Å². The van der Waals surface area contributed by atoms with Gasteiger partial charge in [0.05, 0.1) is 11.6 Å². The summed E-state index contributed by atoms with van der Waals surface area (Å²) in [4.78, 5) is 1.38. The van der Waals surface area contributed by atoms with Gasteiger partial charge in [-0.05, 0) is 46.1 Å². The molecule has 2 nitrogen and oxygen atoms in total. The monoisotopic (exact) mass is 350 g/mol. The summed E-state index contributed by atoms with van der Waals surface area (Å²) < 4.78 is 12.3. The van der Waals surface area contributed by atoms with Gasteiger partial charge in [-0.3, -0.25) is 0 Å². The van der Waals surface area contributed by atoms with E-state index in [0.717, 1.165) is 22.4 Å². The van der Waals surface area contributed by atoms with Gasteiger partial charge in [0.1, 0.15) is 6.61 Å². The van der Waals surface area contributed by atoms with Gasteiger partial charge in [-0.1, -0.05) is 24.3 Å². The van der Waals surface area contributed by atoms with Crippen LogP contribution in [-0.4, -0.2) is 19.0 Å². The molecule has 0 saturated carbocycles. The predicted octanol–water partition coefficient (Wildman–Crippen LogP) is 4.55.